The highest BCUT2D eigenvalue weighted by molar-refractivity contribution is 7.89. The fourth-order valence-corrected chi connectivity index (χ4v) is 4.88. The molecule has 1 unspecified atom stereocenters. The summed E-state index contributed by atoms with van der Waals surface area (Å²) in [5.74, 6) is -0.111. The Labute approximate surface area is 161 Å². The monoisotopic (exact) mass is 414 g/mol. The lowest BCUT2D eigenvalue weighted by Crippen LogP contribution is -2.45. The number of thiazole rings is 1. The van der Waals surface area contributed by atoms with Crippen LogP contribution in [0.25, 0.3) is 0 Å². The number of aromatic nitrogens is 1. The van der Waals surface area contributed by atoms with Crippen molar-refractivity contribution in [2.75, 3.05) is 24.5 Å². The summed E-state index contributed by atoms with van der Waals surface area (Å²) >= 11 is 7.33. The first kappa shape index (κ1) is 19.1. The quantitative estimate of drug-likeness (QED) is 0.675. The highest BCUT2D eigenvalue weighted by atomic mass is 35.5. The average molecular weight is 415 g/mol. The second kappa shape index (κ2) is 8.34. The maximum atomic E-state index is 12.4. The number of hydrogen-bond donors (Lipinski definition) is 2. The Kier molecular flexibility index (Phi) is 6.13. The maximum Gasteiger partial charge on any atom is 0.242 e. The van der Waals surface area contributed by atoms with E-state index in [-0.39, 0.29) is 29.9 Å². The van der Waals surface area contributed by atoms with Crippen LogP contribution < -0.4 is 14.9 Å². The van der Waals surface area contributed by atoms with Crippen LogP contribution in [0.4, 0.5) is 5.13 Å². The van der Waals surface area contributed by atoms with Gasteiger partial charge in [-0.15, -0.1) is 11.3 Å². The van der Waals surface area contributed by atoms with Crippen molar-refractivity contribution in [2.24, 2.45) is 0 Å². The predicted molar refractivity (Wildman–Crippen MR) is 102 cm³/mol. The van der Waals surface area contributed by atoms with E-state index in [0.29, 0.717) is 5.02 Å². The summed E-state index contributed by atoms with van der Waals surface area (Å²) in [5.41, 5.74) is 0. The molecule has 0 spiro atoms. The first-order chi connectivity index (χ1) is 12.5. The Morgan fingerprint density at radius 2 is 2.23 bits per heavy atom. The number of amides is 1. The van der Waals surface area contributed by atoms with E-state index in [4.69, 9.17) is 11.6 Å². The van der Waals surface area contributed by atoms with Gasteiger partial charge in [0.15, 0.2) is 5.13 Å². The summed E-state index contributed by atoms with van der Waals surface area (Å²) in [6.45, 7) is 1.11. The lowest BCUT2D eigenvalue weighted by atomic mass is 10.2. The summed E-state index contributed by atoms with van der Waals surface area (Å²) in [7, 11) is -3.65. The van der Waals surface area contributed by atoms with Gasteiger partial charge < -0.3 is 10.2 Å². The number of hydrogen-bond acceptors (Lipinski definition) is 6. The van der Waals surface area contributed by atoms with Crippen molar-refractivity contribution in [1.82, 2.24) is 15.0 Å². The Bertz CT molecular complexity index is 858. The van der Waals surface area contributed by atoms with Crippen molar-refractivity contribution in [2.45, 2.75) is 23.8 Å². The Morgan fingerprint density at radius 3 is 2.96 bits per heavy atom. The minimum Gasteiger partial charge on any atom is -0.353 e. The first-order valence-corrected chi connectivity index (χ1v) is 10.9. The number of carbonyl (C=O) groups is 1. The van der Waals surface area contributed by atoms with Gasteiger partial charge in [0, 0.05) is 36.2 Å². The summed E-state index contributed by atoms with van der Waals surface area (Å²) in [4.78, 5) is 18.8. The molecular formula is C16H19ClN4O3S2. The van der Waals surface area contributed by atoms with E-state index in [9.17, 15) is 13.2 Å². The molecule has 2 aromatic rings. The molecule has 1 aromatic heterocycles. The number of carbonyl (C=O) groups excluding carboxylic acids is 1. The second-order valence-corrected chi connectivity index (χ2v) is 8.89. The molecule has 1 aliphatic rings. The highest BCUT2D eigenvalue weighted by Crippen LogP contribution is 2.27. The summed E-state index contributed by atoms with van der Waals surface area (Å²) in [6.07, 6.45) is 3.41. The third kappa shape index (κ3) is 4.53. The average Bonchev–Trinajstić information content (AvgIpc) is 3.29. The zero-order chi connectivity index (χ0) is 18.6. The summed E-state index contributed by atoms with van der Waals surface area (Å²) in [5, 5.41) is 5.87. The van der Waals surface area contributed by atoms with E-state index in [0.717, 1.165) is 24.5 Å². The van der Waals surface area contributed by atoms with Gasteiger partial charge in [0.1, 0.15) is 6.04 Å². The van der Waals surface area contributed by atoms with Crippen LogP contribution in [-0.4, -0.2) is 45.0 Å². The van der Waals surface area contributed by atoms with Crippen LogP contribution >= 0.6 is 22.9 Å². The normalized spacial score (nSPS) is 17.4. The van der Waals surface area contributed by atoms with E-state index in [1.54, 1.807) is 18.3 Å². The van der Waals surface area contributed by atoms with E-state index < -0.39 is 10.0 Å². The zero-order valence-electron chi connectivity index (χ0n) is 13.9. The van der Waals surface area contributed by atoms with Crippen LogP contribution in [0.5, 0.6) is 0 Å². The number of sulfonamides is 1. The zero-order valence-corrected chi connectivity index (χ0v) is 16.3. The van der Waals surface area contributed by atoms with Crippen molar-refractivity contribution in [3.05, 3.63) is 40.9 Å². The summed E-state index contributed by atoms with van der Waals surface area (Å²) in [6, 6.07) is 5.78. The van der Waals surface area contributed by atoms with Gasteiger partial charge in [0.2, 0.25) is 15.9 Å². The molecule has 26 heavy (non-hydrogen) atoms. The Balaban J connectivity index is 1.49. The molecule has 0 bridgehead atoms. The fourth-order valence-electron chi connectivity index (χ4n) is 2.83. The van der Waals surface area contributed by atoms with Gasteiger partial charge >= 0.3 is 0 Å². The molecule has 0 saturated carbocycles. The van der Waals surface area contributed by atoms with E-state index in [1.807, 2.05) is 10.3 Å². The number of rotatable bonds is 7. The molecule has 7 nitrogen and oxygen atoms in total. The van der Waals surface area contributed by atoms with Crippen molar-refractivity contribution in [3.63, 3.8) is 0 Å². The van der Waals surface area contributed by atoms with E-state index in [1.165, 1.54) is 23.5 Å². The number of nitrogens with one attached hydrogen (secondary N) is 2. The predicted octanol–water partition coefficient (Wildman–Crippen LogP) is 1.86. The lowest BCUT2D eigenvalue weighted by molar-refractivity contribution is -0.122. The smallest absolute Gasteiger partial charge is 0.242 e. The van der Waals surface area contributed by atoms with Gasteiger partial charge in [-0.05, 0) is 31.0 Å². The number of anilines is 1. The molecular weight excluding hydrogens is 396 g/mol. The minimum absolute atomic E-state index is 0.0991. The topological polar surface area (TPSA) is 91.4 Å². The van der Waals surface area contributed by atoms with Crippen LogP contribution in [0.2, 0.25) is 5.02 Å². The van der Waals surface area contributed by atoms with Crippen LogP contribution in [0.1, 0.15) is 12.8 Å². The molecule has 1 aliphatic heterocycles. The van der Waals surface area contributed by atoms with Crippen molar-refractivity contribution < 1.29 is 13.2 Å². The van der Waals surface area contributed by atoms with Gasteiger partial charge in [0.05, 0.1) is 4.90 Å². The van der Waals surface area contributed by atoms with Crippen LogP contribution in [0.3, 0.4) is 0 Å². The maximum absolute atomic E-state index is 12.4. The first-order valence-electron chi connectivity index (χ1n) is 8.16. The van der Waals surface area contributed by atoms with Gasteiger partial charge in [0.25, 0.3) is 0 Å². The Morgan fingerprint density at radius 1 is 1.38 bits per heavy atom. The third-order valence-electron chi connectivity index (χ3n) is 4.04. The molecule has 140 valence electrons. The second-order valence-electron chi connectivity index (χ2n) is 5.81. The van der Waals surface area contributed by atoms with E-state index in [2.05, 4.69) is 15.0 Å². The number of halogens is 1. The molecule has 2 heterocycles. The molecule has 2 N–H and O–H groups in total. The van der Waals surface area contributed by atoms with Crippen molar-refractivity contribution in [1.29, 1.82) is 0 Å². The molecule has 1 fully saturated rings. The van der Waals surface area contributed by atoms with E-state index >= 15 is 0 Å². The molecule has 10 heteroatoms. The molecule has 1 atom stereocenters. The SMILES string of the molecule is O=C(NCCNS(=O)(=O)c1cccc(Cl)c1)C1CCCN1c1nccs1. The molecule has 1 saturated heterocycles. The molecule has 1 amide bonds. The van der Waals surface area contributed by atoms with Crippen LogP contribution in [-0.2, 0) is 14.8 Å². The summed E-state index contributed by atoms with van der Waals surface area (Å²) < 4.78 is 26.9. The number of benzene rings is 1. The fraction of sp³-hybridized carbons (Fsp3) is 0.375. The van der Waals surface area contributed by atoms with Crippen molar-refractivity contribution >= 4 is 44.0 Å². The molecule has 0 radical (unpaired) electrons. The minimum atomic E-state index is -3.65. The van der Waals surface area contributed by atoms with Gasteiger partial charge in [-0.3, -0.25) is 4.79 Å². The molecule has 1 aromatic carbocycles. The van der Waals surface area contributed by atoms with Crippen molar-refractivity contribution in [3.8, 4) is 0 Å². The molecule has 0 aliphatic carbocycles. The number of nitrogens with zero attached hydrogens (tertiary/aromatic N) is 2. The van der Waals surface area contributed by atoms with Crippen LogP contribution in [0, 0.1) is 0 Å². The van der Waals surface area contributed by atoms with Crippen LogP contribution in [0.15, 0.2) is 40.7 Å². The third-order valence-corrected chi connectivity index (χ3v) is 6.55. The molecule has 3 rings (SSSR count). The standard InChI is InChI=1S/C16H19ClN4O3S2/c17-12-3-1-4-13(11-12)26(23,24)20-7-6-18-15(22)14-5-2-9-21(14)16-19-8-10-25-16/h1,3-4,8,10-11,14,20H,2,5-7,9H2,(H,18,22). The highest BCUT2D eigenvalue weighted by Gasteiger charge is 2.31. The largest absolute Gasteiger partial charge is 0.353 e. The van der Waals surface area contributed by atoms with Gasteiger partial charge in [-0.1, -0.05) is 17.7 Å². The van der Waals surface area contributed by atoms with Gasteiger partial charge in [-0.2, -0.15) is 0 Å². The van der Waals surface area contributed by atoms with Gasteiger partial charge in [-0.25, -0.2) is 18.1 Å². The lowest BCUT2D eigenvalue weighted by Gasteiger charge is -2.23. The Hall–Kier alpha value is -1.68.